The van der Waals surface area contributed by atoms with Gasteiger partial charge < -0.3 is 4.74 Å². The minimum absolute atomic E-state index is 0.104. The predicted octanol–water partition coefficient (Wildman–Crippen LogP) is 0.894. The van der Waals surface area contributed by atoms with Crippen molar-refractivity contribution in [2.24, 2.45) is 5.92 Å². The fourth-order valence-electron chi connectivity index (χ4n) is 2.03. The molecule has 0 radical (unpaired) electrons. The summed E-state index contributed by atoms with van der Waals surface area (Å²) in [4.78, 5) is 11.7. The van der Waals surface area contributed by atoms with E-state index in [2.05, 4.69) is 4.72 Å². The molecule has 0 aliphatic carbocycles. The summed E-state index contributed by atoms with van der Waals surface area (Å²) in [5, 5.41) is 0. The van der Waals surface area contributed by atoms with Gasteiger partial charge in [-0.3, -0.25) is 4.79 Å². The van der Waals surface area contributed by atoms with Gasteiger partial charge >= 0.3 is 5.97 Å². The summed E-state index contributed by atoms with van der Waals surface area (Å²) in [5.74, 6) is -0.645. The molecule has 1 heterocycles. The van der Waals surface area contributed by atoms with Crippen molar-refractivity contribution in [2.75, 3.05) is 19.7 Å². The van der Waals surface area contributed by atoms with Gasteiger partial charge in [0.15, 0.2) is 0 Å². The Labute approximate surface area is 115 Å². The van der Waals surface area contributed by atoms with Crippen LogP contribution in [-0.4, -0.2) is 44.4 Å². The van der Waals surface area contributed by atoms with Crippen LogP contribution in [0.5, 0.6) is 0 Å². The Morgan fingerprint density at radius 2 is 2.16 bits per heavy atom. The minimum atomic E-state index is -3.50. The number of carbonyl (C=O) groups excluding carboxylic acids is 1. The van der Waals surface area contributed by atoms with Crippen molar-refractivity contribution in [3.8, 4) is 0 Å². The average Bonchev–Trinajstić information content (AvgIpc) is 2.38. The summed E-state index contributed by atoms with van der Waals surface area (Å²) in [6, 6.07) is -0.104. The van der Waals surface area contributed by atoms with E-state index in [4.69, 9.17) is 4.74 Å². The zero-order chi connectivity index (χ0) is 14.5. The van der Waals surface area contributed by atoms with Crippen LogP contribution in [0.25, 0.3) is 0 Å². The molecular formula is C12H24N2O4S. The fraction of sp³-hybridized carbons (Fsp3) is 0.917. The van der Waals surface area contributed by atoms with Crippen LogP contribution < -0.4 is 4.72 Å². The second-order valence-corrected chi connectivity index (χ2v) is 6.58. The number of hydrogen-bond donors (Lipinski definition) is 1. The Hall–Kier alpha value is -0.660. The predicted molar refractivity (Wildman–Crippen MR) is 72.7 cm³/mol. The second-order valence-electron chi connectivity index (χ2n) is 4.88. The van der Waals surface area contributed by atoms with Crippen LogP contribution in [0.1, 0.15) is 40.0 Å². The highest BCUT2D eigenvalue weighted by Gasteiger charge is 2.33. The molecule has 1 aliphatic heterocycles. The standard InChI is InChI=1S/C12H24N2O4S/c1-4-10(3)13-19(16,17)14-8-6-7-11(9-14)12(15)18-5-2/h10-11,13H,4-9H2,1-3H3/t10-,11+/m0/s1. The average molecular weight is 292 g/mol. The number of ether oxygens (including phenoxy) is 1. The van der Waals surface area contributed by atoms with E-state index in [1.54, 1.807) is 6.92 Å². The van der Waals surface area contributed by atoms with Crippen LogP contribution in [0, 0.1) is 5.92 Å². The molecule has 1 rings (SSSR count). The Balaban J connectivity index is 2.66. The molecular weight excluding hydrogens is 268 g/mol. The van der Waals surface area contributed by atoms with Crippen molar-refractivity contribution in [3.63, 3.8) is 0 Å². The number of piperidine rings is 1. The van der Waals surface area contributed by atoms with Gasteiger partial charge in [-0.1, -0.05) is 6.92 Å². The van der Waals surface area contributed by atoms with E-state index in [0.29, 0.717) is 26.0 Å². The summed E-state index contributed by atoms with van der Waals surface area (Å²) in [7, 11) is -3.50. The smallest absolute Gasteiger partial charge is 0.310 e. The lowest BCUT2D eigenvalue weighted by atomic mass is 10.0. The van der Waals surface area contributed by atoms with Gasteiger partial charge in [0.25, 0.3) is 10.2 Å². The van der Waals surface area contributed by atoms with E-state index in [1.165, 1.54) is 4.31 Å². The molecule has 112 valence electrons. The molecule has 2 atom stereocenters. The van der Waals surface area contributed by atoms with E-state index in [0.717, 1.165) is 6.42 Å². The zero-order valence-corrected chi connectivity index (χ0v) is 12.7. The van der Waals surface area contributed by atoms with Gasteiger partial charge in [0.05, 0.1) is 12.5 Å². The van der Waals surface area contributed by atoms with Crippen LogP contribution >= 0.6 is 0 Å². The van der Waals surface area contributed by atoms with Gasteiger partial charge in [-0.2, -0.15) is 17.4 Å². The van der Waals surface area contributed by atoms with Crippen molar-refractivity contribution in [3.05, 3.63) is 0 Å². The number of carbonyl (C=O) groups is 1. The molecule has 7 heteroatoms. The normalized spacial score (nSPS) is 23.0. The first kappa shape index (κ1) is 16.4. The SMILES string of the molecule is CCOC(=O)[C@@H]1CCCN(S(=O)(=O)N[C@@H](C)CC)C1. The monoisotopic (exact) mass is 292 g/mol. The molecule has 0 spiro atoms. The number of rotatable bonds is 6. The lowest BCUT2D eigenvalue weighted by molar-refractivity contribution is -0.149. The Morgan fingerprint density at radius 1 is 1.47 bits per heavy atom. The first-order valence-corrected chi connectivity index (χ1v) is 8.28. The number of esters is 1. The molecule has 19 heavy (non-hydrogen) atoms. The molecule has 1 N–H and O–H groups in total. The topological polar surface area (TPSA) is 75.7 Å². The maximum absolute atomic E-state index is 12.1. The van der Waals surface area contributed by atoms with E-state index in [-0.39, 0.29) is 24.5 Å². The quantitative estimate of drug-likeness (QED) is 0.738. The molecule has 0 aromatic heterocycles. The first-order chi connectivity index (χ1) is 8.90. The molecule has 1 fully saturated rings. The summed E-state index contributed by atoms with van der Waals surface area (Å²) in [6.45, 7) is 6.49. The highest BCUT2D eigenvalue weighted by molar-refractivity contribution is 7.87. The molecule has 0 aromatic carbocycles. The van der Waals surface area contributed by atoms with Crippen molar-refractivity contribution < 1.29 is 17.9 Å². The molecule has 0 amide bonds. The third-order valence-corrected chi connectivity index (χ3v) is 5.02. The zero-order valence-electron chi connectivity index (χ0n) is 11.9. The highest BCUT2D eigenvalue weighted by Crippen LogP contribution is 2.20. The summed E-state index contributed by atoms with van der Waals surface area (Å²) >= 11 is 0. The van der Waals surface area contributed by atoms with Crippen LogP contribution in [-0.2, 0) is 19.7 Å². The summed E-state index contributed by atoms with van der Waals surface area (Å²) in [5.41, 5.74) is 0. The third kappa shape index (κ3) is 4.74. The van der Waals surface area contributed by atoms with Gasteiger partial charge in [0.1, 0.15) is 0 Å². The molecule has 0 unspecified atom stereocenters. The van der Waals surface area contributed by atoms with Crippen LogP contribution in [0.3, 0.4) is 0 Å². The Morgan fingerprint density at radius 3 is 2.74 bits per heavy atom. The van der Waals surface area contributed by atoms with Crippen LogP contribution in [0.4, 0.5) is 0 Å². The van der Waals surface area contributed by atoms with E-state index in [9.17, 15) is 13.2 Å². The third-order valence-electron chi connectivity index (χ3n) is 3.31. The summed E-state index contributed by atoms with van der Waals surface area (Å²) < 4.78 is 33.2. The molecule has 0 saturated carbocycles. The van der Waals surface area contributed by atoms with Crippen LogP contribution in [0.2, 0.25) is 0 Å². The molecule has 0 aromatic rings. The first-order valence-electron chi connectivity index (χ1n) is 6.84. The number of hydrogen-bond acceptors (Lipinski definition) is 4. The minimum Gasteiger partial charge on any atom is -0.466 e. The lowest BCUT2D eigenvalue weighted by Gasteiger charge is -2.31. The van der Waals surface area contributed by atoms with Crippen LogP contribution in [0.15, 0.2) is 0 Å². The molecule has 1 aliphatic rings. The van der Waals surface area contributed by atoms with E-state index >= 15 is 0 Å². The lowest BCUT2D eigenvalue weighted by Crippen LogP contribution is -2.49. The highest BCUT2D eigenvalue weighted by atomic mass is 32.2. The van der Waals surface area contributed by atoms with Crippen molar-refractivity contribution in [1.29, 1.82) is 0 Å². The van der Waals surface area contributed by atoms with Gasteiger partial charge in [-0.15, -0.1) is 0 Å². The van der Waals surface area contributed by atoms with Crippen molar-refractivity contribution in [1.82, 2.24) is 9.03 Å². The van der Waals surface area contributed by atoms with Crippen molar-refractivity contribution >= 4 is 16.2 Å². The maximum atomic E-state index is 12.1. The van der Waals surface area contributed by atoms with E-state index < -0.39 is 10.2 Å². The second kappa shape index (κ2) is 7.21. The summed E-state index contributed by atoms with van der Waals surface area (Å²) in [6.07, 6.45) is 2.10. The Kier molecular flexibility index (Phi) is 6.22. The maximum Gasteiger partial charge on any atom is 0.310 e. The van der Waals surface area contributed by atoms with E-state index in [1.807, 2.05) is 13.8 Å². The number of nitrogens with one attached hydrogen (secondary N) is 1. The van der Waals surface area contributed by atoms with Gasteiger partial charge in [0, 0.05) is 19.1 Å². The molecule has 1 saturated heterocycles. The van der Waals surface area contributed by atoms with Gasteiger partial charge in [0.2, 0.25) is 0 Å². The van der Waals surface area contributed by atoms with Crippen molar-refractivity contribution in [2.45, 2.75) is 46.1 Å². The van der Waals surface area contributed by atoms with Gasteiger partial charge in [-0.25, -0.2) is 0 Å². The largest absolute Gasteiger partial charge is 0.466 e. The fourth-order valence-corrected chi connectivity index (χ4v) is 3.60. The molecule has 0 bridgehead atoms. The molecule has 6 nitrogen and oxygen atoms in total. The van der Waals surface area contributed by atoms with Gasteiger partial charge in [-0.05, 0) is 33.1 Å². The number of nitrogens with zero attached hydrogens (tertiary/aromatic N) is 1. The Bertz CT molecular complexity index is 397.